The van der Waals surface area contributed by atoms with E-state index in [2.05, 4.69) is 20.9 Å². The van der Waals surface area contributed by atoms with E-state index < -0.39 is 6.10 Å². The lowest BCUT2D eigenvalue weighted by atomic mass is 9.84. The van der Waals surface area contributed by atoms with Crippen molar-refractivity contribution in [1.29, 1.82) is 0 Å². The third-order valence-corrected chi connectivity index (χ3v) is 7.40. The van der Waals surface area contributed by atoms with Crippen molar-refractivity contribution in [3.63, 3.8) is 0 Å². The van der Waals surface area contributed by atoms with E-state index in [1.165, 1.54) is 19.3 Å². The topological polar surface area (TPSA) is 112 Å². The lowest BCUT2D eigenvalue weighted by molar-refractivity contribution is -0.142. The maximum Gasteiger partial charge on any atom is 0.323 e. The number of rotatable bonds is 8. The van der Waals surface area contributed by atoms with Crippen LogP contribution in [0.3, 0.4) is 0 Å². The van der Waals surface area contributed by atoms with Crippen LogP contribution in [0.4, 0.5) is 16.2 Å². The number of benzene rings is 2. The zero-order valence-electron chi connectivity index (χ0n) is 21.0. The molecule has 9 nitrogen and oxygen atoms in total. The summed E-state index contributed by atoms with van der Waals surface area (Å²) in [4.78, 5) is 27.5. The molecule has 2 aromatic carbocycles. The molecule has 4 atom stereocenters. The van der Waals surface area contributed by atoms with Crippen LogP contribution in [0.2, 0.25) is 0 Å². The molecule has 0 aromatic heterocycles. The van der Waals surface area contributed by atoms with E-state index in [9.17, 15) is 14.7 Å². The summed E-state index contributed by atoms with van der Waals surface area (Å²) in [6, 6.07) is 14.5. The highest BCUT2D eigenvalue weighted by Crippen LogP contribution is 2.47. The molecule has 2 fully saturated rings. The van der Waals surface area contributed by atoms with Crippen molar-refractivity contribution in [1.82, 2.24) is 10.2 Å². The van der Waals surface area contributed by atoms with E-state index >= 15 is 0 Å². The Labute approximate surface area is 217 Å². The quantitative estimate of drug-likeness (QED) is 0.435. The fourth-order valence-electron chi connectivity index (χ4n) is 5.60. The van der Waals surface area contributed by atoms with E-state index in [0.717, 1.165) is 30.9 Å². The maximum atomic E-state index is 12.7. The number of nitrogens with zero attached hydrogens (tertiary/aromatic N) is 1. The number of carbonyl (C=O) groups is 2. The van der Waals surface area contributed by atoms with Gasteiger partial charge in [0, 0.05) is 35.9 Å². The van der Waals surface area contributed by atoms with Gasteiger partial charge in [0.15, 0.2) is 0 Å². The molecule has 9 heteroatoms. The maximum absolute atomic E-state index is 12.7. The van der Waals surface area contributed by atoms with Gasteiger partial charge in [0.2, 0.25) is 5.91 Å². The first-order valence-electron chi connectivity index (χ1n) is 13.3. The number of urea groups is 1. The Hall–Kier alpha value is -3.14. The molecule has 3 aliphatic rings. The summed E-state index contributed by atoms with van der Waals surface area (Å²) in [6.07, 6.45) is 3.44. The Bertz CT molecular complexity index is 1080. The smallest absolute Gasteiger partial charge is 0.323 e. The molecular weight excluding hydrogens is 472 g/mol. The van der Waals surface area contributed by atoms with Crippen molar-refractivity contribution in [2.24, 2.45) is 0 Å². The van der Waals surface area contributed by atoms with Crippen molar-refractivity contribution in [3.05, 3.63) is 54.1 Å². The van der Waals surface area contributed by atoms with Crippen LogP contribution in [0.1, 0.15) is 43.6 Å². The van der Waals surface area contributed by atoms with Crippen LogP contribution in [0.25, 0.3) is 0 Å². The molecule has 5 rings (SSSR count). The second kappa shape index (κ2) is 11.9. The summed E-state index contributed by atoms with van der Waals surface area (Å²) >= 11 is 0. The Morgan fingerprint density at radius 1 is 1.00 bits per heavy atom. The molecule has 0 aliphatic carbocycles. The minimum Gasteiger partial charge on any atom is -0.487 e. The number of carbonyl (C=O) groups excluding carboxylic acids is 2. The van der Waals surface area contributed by atoms with E-state index in [4.69, 9.17) is 9.47 Å². The van der Waals surface area contributed by atoms with Crippen LogP contribution in [0.5, 0.6) is 5.75 Å². The van der Waals surface area contributed by atoms with E-state index in [1.54, 1.807) is 6.07 Å². The number of para-hydroxylation sites is 1. The molecule has 2 aromatic rings. The molecule has 0 bridgehead atoms. The number of hydrogen-bond donors (Lipinski definition) is 4. The lowest BCUT2D eigenvalue weighted by Gasteiger charge is -2.37. The molecule has 3 heterocycles. The number of likely N-dealkylation sites (tertiary alicyclic amines) is 1. The monoisotopic (exact) mass is 508 g/mol. The Morgan fingerprint density at radius 3 is 2.57 bits per heavy atom. The fraction of sp³-hybridized carbons (Fsp3) is 0.500. The number of aliphatic hydroxyl groups excluding tert-OH is 1. The first-order valence-corrected chi connectivity index (χ1v) is 13.3. The number of amides is 3. The van der Waals surface area contributed by atoms with Crippen LogP contribution in [-0.4, -0.2) is 73.0 Å². The number of aliphatic hydroxyl groups is 1. The normalized spacial score (nSPS) is 24.9. The van der Waals surface area contributed by atoms with Gasteiger partial charge in [-0.1, -0.05) is 24.6 Å². The molecule has 37 heavy (non-hydrogen) atoms. The van der Waals surface area contributed by atoms with Gasteiger partial charge in [-0.05, 0) is 62.7 Å². The summed E-state index contributed by atoms with van der Waals surface area (Å²) in [7, 11) is 0. The van der Waals surface area contributed by atoms with Crippen molar-refractivity contribution in [2.75, 3.05) is 43.4 Å². The standard InChI is InChI=1S/C28H36N4O5/c33-18-25-27-23(16-21(36-25)17-26(34)29-11-14-32-12-5-2-6-13-32)22-15-20(9-10-24(22)37-27)31-28(35)30-19-7-3-1-4-8-19/h1,3-4,7-10,15,21,23,25,27,33H,2,5-6,11-14,16-18H2,(H,29,34)(H2,30,31,35)/t21-,23+,25+,27-/m1/s1. The molecule has 4 N–H and O–H groups in total. The minimum atomic E-state index is -0.518. The first kappa shape index (κ1) is 25.5. The molecular formula is C28H36N4O5. The average molecular weight is 509 g/mol. The number of fused-ring (bicyclic) bond motifs is 3. The van der Waals surface area contributed by atoms with E-state index in [0.29, 0.717) is 24.3 Å². The fourth-order valence-corrected chi connectivity index (χ4v) is 5.60. The molecule has 3 amide bonds. The van der Waals surface area contributed by atoms with Gasteiger partial charge in [0.1, 0.15) is 18.0 Å². The van der Waals surface area contributed by atoms with Crippen LogP contribution < -0.4 is 20.7 Å². The van der Waals surface area contributed by atoms with Gasteiger partial charge in [-0.15, -0.1) is 0 Å². The largest absolute Gasteiger partial charge is 0.487 e. The summed E-state index contributed by atoms with van der Waals surface area (Å²) in [6.45, 7) is 3.52. The van der Waals surface area contributed by atoms with Gasteiger partial charge in [0.25, 0.3) is 0 Å². The van der Waals surface area contributed by atoms with E-state index in [-0.39, 0.29) is 43.1 Å². The zero-order chi connectivity index (χ0) is 25.6. The van der Waals surface area contributed by atoms with Gasteiger partial charge in [-0.3, -0.25) is 4.79 Å². The second-order valence-electron chi connectivity index (χ2n) is 10.1. The summed E-state index contributed by atoms with van der Waals surface area (Å²) in [5.41, 5.74) is 2.31. The number of hydrogen-bond acceptors (Lipinski definition) is 6. The van der Waals surface area contributed by atoms with Crippen LogP contribution in [0.15, 0.2) is 48.5 Å². The molecule has 0 unspecified atom stereocenters. The van der Waals surface area contributed by atoms with Gasteiger partial charge in [0.05, 0.1) is 19.1 Å². The second-order valence-corrected chi connectivity index (χ2v) is 10.1. The molecule has 3 aliphatic heterocycles. The third kappa shape index (κ3) is 6.41. The lowest BCUT2D eigenvalue weighted by Crippen LogP contribution is -2.47. The predicted octanol–water partition coefficient (Wildman–Crippen LogP) is 3.32. The van der Waals surface area contributed by atoms with Crippen LogP contribution in [-0.2, 0) is 9.53 Å². The van der Waals surface area contributed by atoms with Crippen molar-refractivity contribution in [2.45, 2.75) is 56.3 Å². The molecule has 198 valence electrons. The molecule has 0 saturated carbocycles. The Morgan fingerprint density at radius 2 is 1.78 bits per heavy atom. The SMILES string of the molecule is O=C(C[C@H]1C[C@H]2c3cc(NC(=O)Nc4ccccc4)ccc3O[C@H]2[C@H](CO)O1)NCCN1CCCCC1. The minimum absolute atomic E-state index is 0.0361. The molecule has 0 radical (unpaired) electrons. The summed E-state index contributed by atoms with van der Waals surface area (Å²) < 4.78 is 12.2. The van der Waals surface area contributed by atoms with Gasteiger partial charge >= 0.3 is 6.03 Å². The van der Waals surface area contributed by atoms with Crippen molar-refractivity contribution < 1.29 is 24.2 Å². The highest BCUT2D eigenvalue weighted by atomic mass is 16.6. The number of anilines is 2. The van der Waals surface area contributed by atoms with Crippen LogP contribution in [0, 0.1) is 0 Å². The van der Waals surface area contributed by atoms with E-state index in [1.807, 2.05) is 42.5 Å². The highest BCUT2D eigenvalue weighted by molar-refractivity contribution is 5.99. The first-order chi connectivity index (χ1) is 18.1. The molecule has 2 saturated heterocycles. The van der Waals surface area contributed by atoms with Gasteiger partial charge in [-0.25, -0.2) is 4.79 Å². The third-order valence-electron chi connectivity index (χ3n) is 7.40. The molecule has 0 spiro atoms. The van der Waals surface area contributed by atoms with Crippen molar-refractivity contribution >= 4 is 23.3 Å². The summed E-state index contributed by atoms with van der Waals surface area (Å²) in [5.74, 6) is 0.646. The highest BCUT2D eigenvalue weighted by Gasteiger charge is 2.46. The van der Waals surface area contributed by atoms with Gasteiger partial charge < -0.3 is 35.4 Å². The van der Waals surface area contributed by atoms with Gasteiger partial charge in [-0.2, -0.15) is 0 Å². The Kier molecular flexibility index (Phi) is 8.23. The number of nitrogens with one attached hydrogen (secondary N) is 3. The predicted molar refractivity (Wildman–Crippen MR) is 141 cm³/mol. The Balaban J connectivity index is 1.18. The zero-order valence-corrected chi connectivity index (χ0v) is 21.0. The number of ether oxygens (including phenoxy) is 2. The average Bonchev–Trinajstić information content (AvgIpc) is 3.27. The summed E-state index contributed by atoms with van der Waals surface area (Å²) in [5, 5.41) is 18.7. The van der Waals surface area contributed by atoms with Crippen molar-refractivity contribution in [3.8, 4) is 5.75 Å². The van der Waals surface area contributed by atoms with Crippen LogP contribution >= 0.6 is 0 Å². The number of piperidine rings is 1.